The first-order chi connectivity index (χ1) is 0. The molecule has 0 rings (SSSR count). The van der Waals surface area contributed by atoms with Crippen LogP contribution >= 0.6 is 9.90 Å². The summed E-state index contributed by atoms with van der Waals surface area (Å²) in [5.74, 6) is 0. The minimum atomic E-state index is 0. The van der Waals surface area contributed by atoms with Crippen molar-refractivity contribution < 1.29 is 0 Å². The molecule has 0 bridgehead atoms. The molecule has 0 heterocycles. The first-order valence-corrected chi connectivity index (χ1v) is 0. The van der Waals surface area contributed by atoms with E-state index in [-0.39, 0.29) is 161 Å². The molecule has 1 unspecified atom stereocenters. The molecule has 0 aliphatic rings. The zero-order valence-electron chi connectivity index (χ0n) is 0.707. The molecule has 0 aliphatic carbocycles. The Morgan fingerprint density at radius 2 is 0.400 bits per heavy atom. The normalized spacial score (nSPS) is 0. The third-order valence-electron chi connectivity index (χ3n) is 0. The number of hydrogen-bond donors (Lipinski definition) is 0. The van der Waals surface area contributed by atoms with Crippen LogP contribution in [0.3, 0.4) is 0 Å². The molecule has 0 spiro atoms. The maximum absolute atomic E-state index is 0. The van der Waals surface area contributed by atoms with Gasteiger partial charge in [0.1, 0.15) is 0 Å². The van der Waals surface area contributed by atoms with Gasteiger partial charge < -0.3 is 0 Å². The van der Waals surface area contributed by atoms with Gasteiger partial charge in [0.15, 0.2) is 0 Å². The van der Waals surface area contributed by atoms with Crippen molar-refractivity contribution in [1.82, 2.24) is 0 Å². The molecule has 1 atom stereocenters. The van der Waals surface area contributed by atoms with Crippen molar-refractivity contribution in [3.63, 3.8) is 0 Å². The predicted octanol–water partition coefficient (Wildman–Crippen LogP) is -3.61. The molecule has 5 heteroatoms. The fourth-order valence-corrected chi connectivity index (χ4v) is 0. The maximum atomic E-state index is 0. The van der Waals surface area contributed by atoms with Crippen LogP contribution < -0.4 is 0 Å². The molecule has 24 valence electrons. The van der Waals surface area contributed by atoms with Gasteiger partial charge in [-0.1, -0.05) is 0 Å². The van der Waals surface area contributed by atoms with Crippen LogP contribution in [0.5, 0.6) is 0 Å². The summed E-state index contributed by atoms with van der Waals surface area (Å²) >= 11 is 0. The van der Waals surface area contributed by atoms with Gasteiger partial charge in [-0.05, 0) is 0 Å². The second-order valence-corrected chi connectivity index (χ2v) is 0. The molecule has 0 fully saturated rings. The summed E-state index contributed by atoms with van der Waals surface area (Å²) < 4.78 is 0. The molecule has 0 aromatic heterocycles. The van der Waals surface area contributed by atoms with Crippen molar-refractivity contribution in [2.24, 2.45) is 0 Å². The third kappa shape index (κ3) is 17.7. The van der Waals surface area contributed by atoms with Crippen molar-refractivity contribution in [2.75, 3.05) is 0 Å². The molecule has 0 saturated carbocycles. The van der Waals surface area contributed by atoms with E-state index in [0.717, 1.165) is 0 Å². The molecule has 0 radical (unpaired) electrons. The summed E-state index contributed by atoms with van der Waals surface area (Å²) in [4.78, 5) is 0. The van der Waals surface area contributed by atoms with E-state index >= 15 is 0 Å². The summed E-state index contributed by atoms with van der Waals surface area (Å²) in [7, 11) is 0. The Morgan fingerprint density at radius 3 is 0.400 bits per heavy atom. The van der Waals surface area contributed by atoms with Crippen LogP contribution in [0.15, 0.2) is 0 Å². The Morgan fingerprint density at radius 1 is 0.400 bits per heavy atom. The molecule has 5 heavy (non-hydrogen) atoms. The van der Waals surface area contributed by atoms with E-state index in [0.29, 0.717) is 0 Å². The van der Waals surface area contributed by atoms with E-state index in [4.69, 9.17) is 0 Å². The molecular formula is H11Ca4P. The number of rotatable bonds is 0. The molecule has 0 nitrogen and oxygen atoms in total. The minimum absolute atomic E-state index is 0. The molecular weight excluding hydrogens is 191 g/mol. The van der Waals surface area contributed by atoms with Gasteiger partial charge in [-0.25, -0.2) is 0 Å². The van der Waals surface area contributed by atoms with Gasteiger partial charge in [0.25, 0.3) is 0 Å². The van der Waals surface area contributed by atoms with Crippen LogP contribution in [0.4, 0.5) is 0 Å². The molecule has 0 aromatic carbocycles. The zero-order chi connectivity index (χ0) is 0. The van der Waals surface area contributed by atoms with Crippen molar-refractivity contribution in [2.45, 2.75) is 0 Å². The van der Waals surface area contributed by atoms with Gasteiger partial charge in [0.05, 0.1) is 0 Å². The fourth-order valence-electron chi connectivity index (χ4n) is 0. The van der Waals surface area contributed by atoms with E-state index in [2.05, 4.69) is 0 Å². The van der Waals surface area contributed by atoms with E-state index in [9.17, 15) is 0 Å². The monoisotopic (exact) mass is 202 g/mol. The van der Waals surface area contributed by atoms with Crippen molar-refractivity contribution in [3.05, 3.63) is 0 Å². The van der Waals surface area contributed by atoms with Crippen LogP contribution in [-0.2, 0) is 0 Å². The van der Waals surface area contributed by atoms with E-state index < -0.39 is 0 Å². The van der Waals surface area contributed by atoms with Crippen LogP contribution in [0.1, 0.15) is 0 Å². The van der Waals surface area contributed by atoms with E-state index in [1.165, 1.54) is 0 Å². The summed E-state index contributed by atoms with van der Waals surface area (Å²) in [5, 5.41) is 0. The van der Waals surface area contributed by atoms with Crippen LogP contribution in [0.2, 0.25) is 0 Å². The second-order valence-electron chi connectivity index (χ2n) is 0. The van der Waals surface area contributed by atoms with Gasteiger partial charge in [0, 0.05) is 0 Å². The van der Waals surface area contributed by atoms with Crippen LogP contribution in [-0.4, -0.2) is 151 Å². The van der Waals surface area contributed by atoms with Crippen molar-refractivity contribution in [3.8, 4) is 0 Å². The quantitative estimate of drug-likeness (QED) is 0.281. The zero-order valence-corrected chi connectivity index (χ0v) is 2.12. The SMILES string of the molecule is P.[CaH2].[CaH2].[CaH2].[CaH2]. The Labute approximate surface area is 156 Å². The average Bonchev–Trinajstić information content (AvgIpc) is 0. The van der Waals surface area contributed by atoms with E-state index in [1.54, 1.807) is 0 Å². The van der Waals surface area contributed by atoms with Gasteiger partial charge in [-0.2, -0.15) is 9.90 Å². The molecule has 0 N–H and O–H groups in total. The Kier molecular flexibility index (Phi) is 143. The average molecular weight is 202 g/mol. The molecule has 0 aliphatic heterocycles. The van der Waals surface area contributed by atoms with Crippen molar-refractivity contribution >= 4 is 161 Å². The van der Waals surface area contributed by atoms with Crippen LogP contribution in [0, 0.1) is 0 Å². The molecule has 0 aromatic rings. The third-order valence-corrected chi connectivity index (χ3v) is 0. The summed E-state index contributed by atoms with van der Waals surface area (Å²) in [5.41, 5.74) is 0. The summed E-state index contributed by atoms with van der Waals surface area (Å²) in [6, 6.07) is 0. The van der Waals surface area contributed by atoms with E-state index in [1.807, 2.05) is 0 Å². The van der Waals surface area contributed by atoms with Gasteiger partial charge in [-0.15, -0.1) is 0 Å². The molecule has 0 saturated heterocycles. The van der Waals surface area contributed by atoms with Gasteiger partial charge >= 0.3 is 151 Å². The topological polar surface area (TPSA) is 0 Å². The first-order valence-electron chi connectivity index (χ1n) is 0. The van der Waals surface area contributed by atoms with Crippen LogP contribution in [0.25, 0.3) is 0 Å². The Bertz CT molecular complexity index is 3.61. The summed E-state index contributed by atoms with van der Waals surface area (Å²) in [6.07, 6.45) is 0. The van der Waals surface area contributed by atoms with Gasteiger partial charge in [0.2, 0.25) is 0 Å². The fraction of sp³-hybridized carbons (Fsp3) is 0. The Hall–Kier alpha value is 5.47. The first kappa shape index (κ1) is 31.4. The van der Waals surface area contributed by atoms with Gasteiger partial charge in [-0.3, -0.25) is 0 Å². The summed E-state index contributed by atoms with van der Waals surface area (Å²) in [6.45, 7) is 0. The Balaban J connectivity index is 0. The molecule has 0 amide bonds. The standard InChI is InChI=1S/4Ca.H3P.8H/h;;;;1H3;;;;;;;;. The van der Waals surface area contributed by atoms with Crippen molar-refractivity contribution in [1.29, 1.82) is 0 Å². The predicted molar refractivity (Wildman–Crippen MR) is 45.3 cm³/mol. The second kappa shape index (κ2) is 22.7. The number of hydrogen-bond acceptors (Lipinski definition) is 0.